The molecule has 0 radical (unpaired) electrons. The zero-order valence-electron chi connectivity index (χ0n) is 20.4. The van der Waals surface area contributed by atoms with Crippen LogP contribution in [0.1, 0.15) is 89.7 Å². The maximum atomic E-state index is 5.98. The molecule has 1 heterocycles. The molecule has 0 saturated heterocycles. The Kier molecular flexibility index (Phi) is 7.53. The van der Waals surface area contributed by atoms with Gasteiger partial charge in [-0.15, -0.1) is 5.10 Å². The standard InChI is InChI=1S/C25H42N6/c1-18-10-7-8-13-21(18)22(27-16-20-12-9-11-19(14-20)15-26)23-28-29-30-31(23)25(5,6)17-24(2,3)4/h7-8,10,13,19-20,22,27H,9,11-12,14-17,26H2,1-6H3. The van der Waals surface area contributed by atoms with Gasteiger partial charge in [0.25, 0.3) is 0 Å². The maximum Gasteiger partial charge on any atom is 0.173 e. The predicted molar refractivity (Wildman–Crippen MR) is 127 cm³/mol. The van der Waals surface area contributed by atoms with Gasteiger partial charge in [0, 0.05) is 0 Å². The van der Waals surface area contributed by atoms with Crippen molar-refractivity contribution in [2.24, 2.45) is 23.0 Å². The zero-order valence-corrected chi connectivity index (χ0v) is 20.4. The number of tetrazole rings is 1. The van der Waals surface area contributed by atoms with Crippen LogP contribution in [0.25, 0.3) is 0 Å². The SMILES string of the molecule is Cc1ccccc1C(NCC1CCCC(CN)C1)c1nnnn1C(C)(C)CC(C)(C)C. The summed E-state index contributed by atoms with van der Waals surface area (Å²) >= 11 is 0. The van der Waals surface area contributed by atoms with Crippen LogP contribution in [0.4, 0.5) is 0 Å². The minimum Gasteiger partial charge on any atom is -0.330 e. The quantitative estimate of drug-likeness (QED) is 0.645. The monoisotopic (exact) mass is 426 g/mol. The first-order valence-corrected chi connectivity index (χ1v) is 11.9. The molecule has 0 amide bonds. The lowest BCUT2D eigenvalue weighted by atomic mass is 9.81. The van der Waals surface area contributed by atoms with Crippen molar-refractivity contribution in [1.82, 2.24) is 25.5 Å². The van der Waals surface area contributed by atoms with E-state index in [9.17, 15) is 0 Å². The fourth-order valence-electron chi connectivity index (χ4n) is 5.52. The van der Waals surface area contributed by atoms with Crippen molar-refractivity contribution in [3.05, 3.63) is 41.2 Å². The van der Waals surface area contributed by atoms with Crippen molar-refractivity contribution in [2.75, 3.05) is 13.1 Å². The van der Waals surface area contributed by atoms with Gasteiger partial charge in [-0.2, -0.15) is 0 Å². The Bertz CT molecular complexity index is 835. The fraction of sp³-hybridized carbons (Fsp3) is 0.720. The summed E-state index contributed by atoms with van der Waals surface area (Å²) in [5.74, 6) is 2.21. The highest BCUT2D eigenvalue weighted by Gasteiger charge is 2.34. The summed E-state index contributed by atoms with van der Waals surface area (Å²) in [5.41, 5.74) is 8.47. The van der Waals surface area contributed by atoms with Crippen LogP contribution in [0.15, 0.2) is 24.3 Å². The second-order valence-corrected chi connectivity index (χ2v) is 11.3. The number of hydrogen-bond donors (Lipinski definition) is 2. The molecule has 3 atom stereocenters. The van der Waals surface area contributed by atoms with E-state index in [4.69, 9.17) is 5.73 Å². The van der Waals surface area contributed by atoms with Gasteiger partial charge in [-0.25, -0.2) is 4.68 Å². The molecule has 6 nitrogen and oxygen atoms in total. The van der Waals surface area contributed by atoms with E-state index in [1.54, 1.807) is 0 Å². The Morgan fingerprint density at radius 1 is 1.13 bits per heavy atom. The second kappa shape index (κ2) is 9.78. The van der Waals surface area contributed by atoms with Crippen LogP contribution < -0.4 is 11.1 Å². The molecule has 0 spiro atoms. The van der Waals surface area contributed by atoms with Gasteiger partial charge in [-0.1, -0.05) is 51.5 Å². The smallest absolute Gasteiger partial charge is 0.173 e. The molecule has 1 aliphatic carbocycles. The average Bonchev–Trinajstić information content (AvgIpc) is 3.18. The van der Waals surface area contributed by atoms with E-state index in [1.807, 2.05) is 4.68 Å². The maximum absolute atomic E-state index is 5.98. The van der Waals surface area contributed by atoms with E-state index in [1.165, 1.54) is 36.8 Å². The summed E-state index contributed by atoms with van der Waals surface area (Å²) in [7, 11) is 0. The summed E-state index contributed by atoms with van der Waals surface area (Å²) in [5, 5.41) is 17.0. The summed E-state index contributed by atoms with van der Waals surface area (Å²) in [6.07, 6.45) is 6.02. The number of hydrogen-bond acceptors (Lipinski definition) is 5. The highest BCUT2D eigenvalue weighted by molar-refractivity contribution is 5.32. The lowest BCUT2D eigenvalue weighted by Crippen LogP contribution is -2.38. The van der Waals surface area contributed by atoms with Crippen LogP contribution in [0, 0.1) is 24.2 Å². The average molecular weight is 427 g/mol. The largest absolute Gasteiger partial charge is 0.330 e. The van der Waals surface area contributed by atoms with Crippen molar-refractivity contribution in [2.45, 2.75) is 85.2 Å². The number of rotatable bonds is 8. The van der Waals surface area contributed by atoms with E-state index in [-0.39, 0.29) is 17.0 Å². The molecular weight excluding hydrogens is 384 g/mol. The minimum atomic E-state index is -0.185. The molecule has 2 aromatic rings. The van der Waals surface area contributed by atoms with Crippen molar-refractivity contribution >= 4 is 0 Å². The Morgan fingerprint density at radius 2 is 1.84 bits per heavy atom. The van der Waals surface area contributed by atoms with Crippen LogP contribution in [0.2, 0.25) is 0 Å². The lowest BCUT2D eigenvalue weighted by Gasteiger charge is -2.35. The van der Waals surface area contributed by atoms with Crippen LogP contribution in [0.3, 0.4) is 0 Å². The van der Waals surface area contributed by atoms with Gasteiger partial charge >= 0.3 is 0 Å². The minimum absolute atomic E-state index is 0.0336. The Hall–Kier alpha value is -1.79. The van der Waals surface area contributed by atoms with E-state index in [0.29, 0.717) is 11.8 Å². The Morgan fingerprint density at radius 3 is 2.52 bits per heavy atom. The lowest BCUT2D eigenvalue weighted by molar-refractivity contribution is 0.187. The van der Waals surface area contributed by atoms with E-state index in [0.717, 1.165) is 25.3 Å². The Labute approximate surface area is 188 Å². The number of nitrogens with zero attached hydrogens (tertiary/aromatic N) is 4. The van der Waals surface area contributed by atoms with E-state index >= 15 is 0 Å². The molecule has 3 rings (SSSR count). The van der Waals surface area contributed by atoms with Crippen LogP contribution >= 0.6 is 0 Å². The van der Waals surface area contributed by atoms with Crippen molar-refractivity contribution in [1.29, 1.82) is 0 Å². The number of aryl methyl sites for hydroxylation is 1. The molecule has 1 aliphatic rings. The highest BCUT2D eigenvalue weighted by atomic mass is 15.6. The third kappa shape index (κ3) is 6.13. The normalized spacial score (nSPS) is 21.3. The summed E-state index contributed by atoms with van der Waals surface area (Å²) in [6.45, 7) is 15.2. The zero-order chi connectivity index (χ0) is 22.6. The highest BCUT2D eigenvalue weighted by Crippen LogP contribution is 2.35. The molecular formula is C25H42N6. The van der Waals surface area contributed by atoms with Gasteiger partial charge in [0.1, 0.15) is 0 Å². The van der Waals surface area contributed by atoms with Gasteiger partial charge < -0.3 is 11.1 Å². The number of aromatic nitrogens is 4. The first-order chi connectivity index (χ1) is 14.6. The third-order valence-electron chi connectivity index (χ3n) is 6.62. The van der Waals surface area contributed by atoms with Crippen LogP contribution in [-0.4, -0.2) is 33.3 Å². The molecule has 0 bridgehead atoms. The molecule has 3 N–H and O–H groups in total. The van der Waals surface area contributed by atoms with Gasteiger partial charge in [0.05, 0.1) is 11.6 Å². The molecule has 1 fully saturated rings. The molecule has 1 aromatic heterocycles. The number of nitrogens with two attached hydrogens (primary N) is 1. The topological polar surface area (TPSA) is 81.7 Å². The van der Waals surface area contributed by atoms with Gasteiger partial charge in [0.15, 0.2) is 5.82 Å². The Balaban J connectivity index is 1.90. The van der Waals surface area contributed by atoms with Gasteiger partial charge in [-0.3, -0.25) is 0 Å². The van der Waals surface area contributed by atoms with Crippen molar-refractivity contribution in [3.8, 4) is 0 Å². The second-order valence-electron chi connectivity index (χ2n) is 11.3. The summed E-state index contributed by atoms with van der Waals surface area (Å²) < 4.78 is 2.05. The molecule has 1 aromatic carbocycles. The fourth-order valence-corrected chi connectivity index (χ4v) is 5.52. The number of nitrogens with one attached hydrogen (secondary N) is 1. The van der Waals surface area contributed by atoms with Crippen molar-refractivity contribution in [3.63, 3.8) is 0 Å². The third-order valence-corrected chi connectivity index (χ3v) is 6.62. The van der Waals surface area contributed by atoms with Crippen LogP contribution in [0.5, 0.6) is 0 Å². The first kappa shape index (κ1) is 23.9. The molecule has 1 saturated carbocycles. The molecule has 0 aliphatic heterocycles. The summed E-state index contributed by atoms with van der Waals surface area (Å²) in [6, 6.07) is 8.54. The van der Waals surface area contributed by atoms with E-state index < -0.39 is 0 Å². The first-order valence-electron chi connectivity index (χ1n) is 11.9. The van der Waals surface area contributed by atoms with Gasteiger partial charge in [-0.05, 0) is 98.3 Å². The summed E-state index contributed by atoms with van der Waals surface area (Å²) in [4.78, 5) is 0. The van der Waals surface area contributed by atoms with Crippen molar-refractivity contribution < 1.29 is 0 Å². The van der Waals surface area contributed by atoms with Gasteiger partial charge in [0.2, 0.25) is 0 Å². The molecule has 31 heavy (non-hydrogen) atoms. The molecule has 6 heteroatoms. The molecule has 3 unspecified atom stereocenters. The number of benzene rings is 1. The predicted octanol–water partition coefficient (Wildman–Crippen LogP) is 4.60. The van der Waals surface area contributed by atoms with E-state index in [2.05, 4.69) is 86.7 Å². The molecule has 172 valence electrons. The van der Waals surface area contributed by atoms with Crippen LogP contribution in [-0.2, 0) is 5.54 Å².